The molecule has 2 aromatic heterocycles. The fourth-order valence-corrected chi connectivity index (χ4v) is 2.40. The molecule has 102 valence electrons. The fraction of sp³-hybridized carbons (Fsp3) is 0.0833. The van der Waals surface area contributed by atoms with Crippen LogP contribution in [0.25, 0.3) is 16.7 Å². The van der Waals surface area contributed by atoms with E-state index < -0.39 is 11.6 Å². The molecule has 0 radical (unpaired) electrons. The van der Waals surface area contributed by atoms with E-state index in [1.165, 1.54) is 28.7 Å². The van der Waals surface area contributed by atoms with Crippen LogP contribution in [0.2, 0.25) is 5.15 Å². The van der Waals surface area contributed by atoms with E-state index in [9.17, 15) is 8.78 Å². The third-order valence-corrected chi connectivity index (χ3v) is 3.52. The summed E-state index contributed by atoms with van der Waals surface area (Å²) in [6, 6.07) is 3.25. The van der Waals surface area contributed by atoms with Crippen molar-refractivity contribution in [1.29, 1.82) is 0 Å². The molecule has 0 amide bonds. The summed E-state index contributed by atoms with van der Waals surface area (Å²) in [6.45, 7) is 0. The van der Waals surface area contributed by atoms with Gasteiger partial charge in [-0.2, -0.15) is 5.10 Å². The van der Waals surface area contributed by atoms with Crippen molar-refractivity contribution in [3.05, 3.63) is 41.2 Å². The lowest BCUT2D eigenvalue weighted by molar-refractivity contribution is 0.574. The van der Waals surface area contributed by atoms with Crippen molar-refractivity contribution in [2.24, 2.45) is 0 Å². The number of halogens is 3. The molecule has 4 nitrogen and oxygen atoms in total. The molecule has 0 fully saturated rings. The second-order valence-electron chi connectivity index (χ2n) is 3.89. The highest BCUT2D eigenvalue weighted by Crippen LogP contribution is 2.26. The number of fused-ring (bicyclic) bond motifs is 1. The van der Waals surface area contributed by atoms with Crippen molar-refractivity contribution in [3.63, 3.8) is 0 Å². The molecule has 0 spiro atoms. The minimum Gasteiger partial charge on any atom is -0.212 e. The van der Waals surface area contributed by atoms with Crippen molar-refractivity contribution in [3.8, 4) is 5.69 Å². The van der Waals surface area contributed by atoms with E-state index in [2.05, 4.69) is 15.1 Å². The molecule has 0 atom stereocenters. The van der Waals surface area contributed by atoms with Gasteiger partial charge < -0.3 is 0 Å². The first-order chi connectivity index (χ1) is 9.60. The Hall–Kier alpha value is -1.73. The zero-order chi connectivity index (χ0) is 14.3. The Morgan fingerprint density at radius 1 is 1.25 bits per heavy atom. The molecule has 3 aromatic rings. The molecule has 0 aliphatic rings. The molecule has 0 N–H and O–H groups in total. The molecule has 20 heavy (non-hydrogen) atoms. The van der Waals surface area contributed by atoms with Crippen molar-refractivity contribution in [1.82, 2.24) is 19.7 Å². The van der Waals surface area contributed by atoms with E-state index in [4.69, 9.17) is 11.6 Å². The average Bonchev–Trinajstić information content (AvgIpc) is 2.83. The van der Waals surface area contributed by atoms with E-state index >= 15 is 0 Å². The zero-order valence-corrected chi connectivity index (χ0v) is 11.7. The average molecular weight is 313 g/mol. The first-order valence-electron chi connectivity index (χ1n) is 5.51. The van der Waals surface area contributed by atoms with E-state index in [1.807, 2.05) is 0 Å². The topological polar surface area (TPSA) is 43.6 Å². The highest BCUT2D eigenvalue weighted by Gasteiger charge is 2.15. The second kappa shape index (κ2) is 4.99. The van der Waals surface area contributed by atoms with E-state index in [-0.39, 0.29) is 10.8 Å². The van der Waals surface area contributed by atoms with Gasteiger partial charge in [0.05, 0.1) is 11.6 Å². The van der Waals surface area contributed by atoms with Gasteiger partial charge in [0.2, 0.25) is 0 Å². The molecular weight excluding hydrogens is 306 g/mol. The van der Waals surface area contributed by atoms with Gasteiger partial charge in [0.15, 0.2) is 16.6 Å². The molecule has 0 aliphatic heterocycles. The maximum atomic E-state index is 13.8. The van der Waals surface area contributed by atoms with Crippen molar-refractivity contribution in [2.75, 3.05) is 6.26 Å². The molecule has 8 heteroatoms. The number of hydrogen-bond acceptors (Lipinski definition) is 4. The minimum absolute atomic E-state index is 0.100. The predicted molar refractivity (Wildman–Crippen MR) is 73.4 cm³/mol. The summed E-state index contributed by atoms with van der Waals surface area (Å²) in [5.74, 6) is -1.38. The molecule has 2 heterocycles. The van der Waals surface area contributed by atoms with Gasteiger partial charge in [0, 0.05) is 6.07 Å². The van der Waals surface area contributed by atoms with Crippen LogP contribution >= 0.6 is 23.4 Å². The van der Waals surface area contributed by atoms with Crippen LogP contribution in [0, 0.1) is 11.6 Å². The standard InChI is InChI=1S/C12H7ClF2N4S/c1-20-12-17-10(13)7-5-16-19(11(7)18-12)9-3-2-6(14)4-8(9)15/h2-5H,1H3. The number of thioether (sulfide) groups is 1. The van der Waals surface area contributed by atoms with Crippen LogP contribution < -0.4 is 0 Å². The molecular formula is C12H7ClF2N4S. The molecule has 0 saturated carbocycles. The monoisotopic (exact) mass is 312 g/mol. The lowest BCUT2D eigenvalue weighted by atomic mass is 10.3. The van der Waals surface area contributed by atoms with Crippen LogP contribution in [0.5, 0.6) is 0 Å². The summed E-state index contributed by atoms with van der Waals surface area (Å²) in [6.07, 6.45) is 3.25. The quantitative estimate of drug-likeness (QED) is 0.413. The minimum atomic E-state index is -0.726. The van der Waals surface area contributed by atoms with Crippen LogP contribution in [0.3, 0.4) is 0 Å². The normalized spacial score (nSPS) is 11.2. The van der Waals surface area contributed by atoms with Gasteiger partial charge in [-0.25, -0.2) is 23.4 Å². The predicted octanol–water partition coefficient (Wildman–Crippen LogP) is 3.47. The second-order valence-corrected chi connectivity index (χ2v) is 5.02. The number of benzene rings is 1. The Morgan fingerprint density at radius 3 is 2.75 bits per heavy atom. The van der Waals surface area contributed by atoms with Gasteiger partial charge in [0.25, 0.3) is 0 Å². The molecule has 0 saturated heterocycles. The first-order valence-corrected chi connectivity index (χ1v) is 7.11. The molecule has 1 aromatic carbocycles. The lowest BCUT2D eigenvalue weighted by Gasteiger charge is -2.05. The summed E-state index contributed by atoms with van der Waals surface area (Å²) in [5, 5.41) is 5.25. The largest absolute Gasteiger partial charge is 0.212 e. The van der Waals surface area contributed by atoms with E-state index in [0.29, 0.717) is 16.2 Å². The third-order valence-electron chi connectivity index (χ3n) is 2.68. The third kappa shape index (κ3) is 2.12. The summed E-state index contributed by atoms with van der Waals surface area (Å²) in [4.78, 5) is 8.34. The molecule has 3 rings (SSSR count). The van der Waals surface area contributed by atoms with Crippen LogP contribution in [0.15, 0.2) is 29.6 Å². The van der Waals surface area contributed by atoms with Crippen molar-refractivity contribution in [2.45, 2.75) is 5.16 Å². The highest BCUT2D eigenvalue weighted by molar-refractivity contribution is 7.98. The number of aromatic nitrogens is 4. The van der Waals surface area contributed by atoms with E-state index in [1.54, 1.807) is 6.26 Å². The van der Waals surface area contributed by atoms with Gasteiger partial charge >= 0.3 is 0 Å². The number of rotatable bonds is 2. The number of nitrogens with zero attached hydrogens (tertiary/aromatic N) is 4. The Kier molecular flexibility index (Phi) is 3.31. The highest BCUT2D eigenvalue weighted by atomic mass is 35.5. The first kappa shape index (κ1) is 13.3. The van der Waals surface area contributed by atoms with Crippen LogP contribution in [0.1, 0.15) is 0 Å². The summed E-state index contributed by atoms with van der Waals surface area (Å²) in [5.41, 5.74) is 0.475. The van der Waals surface area contributed by atoms with Crippen LogP contribution in [0.4, 0.5) is 8.78 Å². The fourth-order valence-electron chi connectivity index (χ4n) is 1.78. The van der Waals surface area contributed by atoms with Gasteiger partial charge in [-0.05, 0) is 18.4 Å². The maximum Gasteiger partial charge on any atom is 0.190 e. The Morgan fingerprint density at radius 2 is 2.05 bits per heavy atom. The van der Waals surface area contributed by atoms with Gasteiger partial charge in [-0.15, -0.1) is 0 Å². The molecule has 0 aliphatic carbocycles. The SMILES string of the molecule is CSc1nc(Cl)c2cnn(-c3ccc(F)cc3F)c2n1. The molecule has 0 bridgehead atoms. The Balaban J connectivity index is 2.28. The summed E-state index contributed by atoms with van der Waals surface area (Å²) in [7, 11) is 0. The summed E-state index contributed by atoms with van der Waals surface area (Å²) < 4.78 is 28.1. The smallest absolute Gasteiger partial charge is 0.190 e. The lowest BCUT2D eigenvalue weighted by Crippen LogP contribution is -2.02. The zero-order valence-electron chi connectivity index (χ0n) is 10.1. The van der Waals surface area contributed by atoms with Crippen molar-refractivity contribution >= 4 is 34.4 Å². The maximum absolute atomic E-state index is 13.8. The Labute approximate surface area is 121 Å². The van der Waals surface area contributed by atoms with Gasteiger partial charge in [-0.1, -0.05) is 23.4 Å². The van der Waals surface area contributed by atoms with E-state index in [0.717, 1.165) is 12.1 Å². The van der Waals surface area contributed by atoms with Crippen LogP contribution in [-0.4, -0.2) is 26.0 Å². The molecule has 0 unspecified atom stereocenters. The van der Waals surface area contributed by atoms with Crippen LogP contribution in [-0.2, 0) is 0 Å². The summed E-state index contributed by atoms with van der Waals surface area (Å²) >= 11 is 7.35. The van der Waals surface area contributed by atoms with Crippen molar-refractivity contribution < 1.29 is 8.78 Å². The number of hydrogen-bond donors (Lipinski definition) is 0. The Bertz CT molecular complexity index is 805. The van der Waals surface area contributed by atoms with Gasteiger partial charge in [0.1, 0.15) is 16.7 Å². The van der Waals surface area contributed by atoms with Gasteiger partial charge in [-0.3, -0.25) is 0 Å².